The topological polar surface area (TPSA) is 127 Å². The number of aromatic amines is 1. The van der Waals surface area contributed by atoms with E-state index in [1.807, 2.05) is 0 Å². The number of amides is 1. The number of hydrogen-bond donors (Lipinski definition) is 2. The first-order valence-corrected chi connectivity index (χ1v) is 7.70. The molecule has 0 saturated heterocycles. The van der Waals surface area contributed by atoms with Gasteiger partial charge in [-0.3, -0.25) is 24.3 Å². The van der Waals surface area contributed by atoms with Gasteiger partial charge in [-0.2, -0.15) is 0 Å². The van der Waals surface area contributed by atoms with E-state index >= 15 is 0 Å². The van der Waals surface area contributed by atoms with Crippen LogP contribution in [-0.2, 0) is 11.3 Å². The number of nitro groups is 1. The van der Waals surface area contributed by atoms with Crippen LogP contribution in [0.5, 0.6) is 0 Å². The number of carbonyl (C=O) groups excluding carboxylic acids is 1. The summed E-state index contributed by atoms with van der Waals surface area (Å²) >= 11 is 5.71. The number of rotatable bonds is 4. The van der Waals surface area contributed by atoms with Gasteiger partial charge in [0.1, 0.15) is 11.6 Å². The van der Waals surface area contributed by atoms with Gasteiger partial charge in [-0.25, -0.2) is 4.79 Å². The van der Waals surface area contributed by atoms with Crippen molar-refractivity contribution in [3.8, 4) is 0 Å². The average Bonchev–Trinajstić information content (AvgIpc) is 2.60. The highest BCUT2D eigenvalue weighted by Gasteiger charge is 2.15. The van der Waals surface area contributed by atoms with Gasteiger partial charge in [-0.15, -0.1) is 0 Å². The Morgan fingerprint density at radius 2 is 1.96 bits per heavy atom. The summed E-state index contributed by atoms with van der Waals surface area (Å²) in [5, 5.41) is 13.5. The van der Waals surface area contributed by atoms with E-state index in [1.165, 1.54) is 18.2 Å². The largest absolute Gasteiger partial charge is 0.329 e. The van der Waals surface area contributed by atoms with Gasteiger partial charge >= 0.3 is 5.69 Å². The molecule has 0 unspecified atom stereocenters. The van der Waals surface area contributed by atoms with Crippen LogP contribution in [-0.4, -0.2) is 20.4 Å². The van der Waals surface area contributed by atoms with Gasteiger partial charge in [-0.05, 0) is 24.3 Å². The SMILES string of the molecule is O=C(Cn1c(=O)[nH]c2ccccc2c1=O)Nc1ccc(Cl)c([N+](=O)[O-])c1. The van der Waals surface area contributed by atoms with Crippen molar-refractivity contribution in [2.75, 3.05) is 5.32 Å². The Hall–Kier alpha value is -3.46. The van der Waals surface area contributed by atoms with Crippen molar-refractivity contribution in [2.24, 2.45) is 0 Å². The minimum Gasteiger partial charge on any atom is -0.324 e. The molecule has 26 heavy (non-hydrogen) atoms. The van der Waals surface area contributed by atoms with Crippen LogP contribution in [0, 0.1) is 10.1 Å². The monoisotopic (exact) mass is 374 g/mol. The highest BCUT2D eigenvalue weighted by atomic mass is 35.5. The lowest BCUT2D eigenvalue weighted by molar-refractivity contribution is -0.384. The van der Waals surface area contributed by atoms with Crippen LogP contribution in [0.25, 0.3) is 10.9 Å². The Labute approximate surface area is 150 Å². The molecule has 2 aromatic carbocycles. The van der Waals surface area contributed by atoms with Gasteiger partial charge in [0.25, 0.3) is 11.2 Å². The summed E-state index contributed by atoms with van der Waals surface area (Å²) < 4.78 is 0.752. The summed E-state index contributed by atoms with van der Waals surface area (Å²) in [6, 6.07) is 10.2. The second kappa shape index (κ2) is 6.81. The fourth-order valence-corrected chi connectivity index (χ4v) is 2.60. The number of aromatic nitrogens is 2. The quantitative estimate of drug-likeness (QED) is 0.532. The molecule has 0 spiro atoms. The van der Waals surface area contributed by atoms with Crippen molar-refractivity contribution in [3.63, 3.8) is 0 Å². The third-order valence-electron chi connectivity index (χ3n) is 3.62. The molecule has 0 bridgehead atoms. The molecule has 0 aliphatic rings. The number of para-hydroxylation sites is 1. The second-order valence-electron chi connectivity index (χ2n) is 5.34. The molecule has 0 fully saturated rings. The molecule has 132 valence electrons. The van der Waals surface area contributed by atoms with E-state index in [2.05, 4.69) is 10.3 Å². The molecule has 0 atom stereocenters. The number of anilines is 1. The summed E-state index contributed by atoms with van der Waals surface area (Å²) in [7, 11) is 0. The van der Waals surface area contributed by atoms with Crippen LogP contribution in [0.1, 0.15) is 0 Å². The van der Waals surface area contributed by atoms with Crippen LogP contribution < -0.4 is 16.6 Å². The number of H-pyrrole nitrogens is 1. The summed E-state index contributed by atoms with van der Waals surface area (Å²) in [6.07, 6.45) is 0. The first-order chi connectivity index (χ1) is 12.4. The number of nitrogens with zero attached hydrogens (tertiary/aromatic N) is 2. The third kappa shape index (κ3) is 3.33. The second-order valence-corrected chi connectivity index (χ2v) is 5.75. The molecule has 0 aliphatic heterocycles. The molecule has 1 heterocycles. The zero-order valence-corrected chi connectivity index (χ0v) is 13.8. The van der Waals surface area contributed by atoms with Crippen LogP contribution in [0.15, 0.2) is 52.1 Å². The van der Waals surface area contributed by atoms with Crippen molar-refractivity contribution < 1.29 is 9.72 Å². The van der Waals surface area contributed by atoms with Crippen molar-refractivity contribution in [2.45, 2.75) is 6.54 Å². The summed E-state index contributed by atoms with van der Waals surface area (Å²) in [5.41, 5.74) is -1.22. The highest BCUT2D eigenvalue weighted by Crippen LogP contribution is 2.27. The Morgan fingerprint density at radius 1 is 1.23 bits per heavy atom. The average molecular weight is 375 g/mol. The molecule has 0 aliphatic carbocycles. The molecule has 3 rings (SSSR count). The Balaban J connectivity index is 1.89. The summed E-state index contributed by atoms with van der Waals surface area (Å²) in [4.78, 5) is 49.3. The number of benzene rings is 2. The molecule has 1 amide bonds. The molecule has 1 aromatic heterocycles. The number of halogens is 1. The smallest absolute Gasteiger partial charge is 0.324 e. The fourth-order valence-electron chi connectivity index (χ4n) is 2.42. The Morgan fingerprint density at radius 3 is 2.69 bits per heavy atom. The van der Waals surface area contributed by atoms with Gasteiger partial charge in [-0.1, -0.05) is 23.7 Å². The van der Waals surface area contributed by atoms with Crippen LogP contribution in [0.2, 0.25) is 5.02 Å². The van der Waals surface area contributed by atoms with Crippen molar-refractivity contribution >= 4 is 39.8 Å². The van der Waals surface area contributed by atoms with E-state index in [4.69, 9.17) is 11.6 Å². The zero-order valence-electron chi connectivity index (χ0n) is 13.1. The Bertz CT molecular complexity index is 1150. The minimum absolute atomic E-state index is 0.0739. The predicted molar refractivity (Wildman–Crippen MR) is 95.6 cm³/mol. The van der Waals surface area contributed by atoms with E-state index in [1.54, 1.807) is 18.2 Å². The Kier molecular flexibility index (Phi) is 4.55. The molecule has 0 saturated carbocycles. The van der Waals surface area contributed by atoms with E-state index in [0.717, 1.165) is 10.6 Å². The third-order valence-corrected chi connectivity index (χ3v) is 3.94. The van der Waals surface area contributed by atoms with Crippen LogP contribution in [0.4, 0.5) is 11.4 Å². The van der Waals surface area contributed by atoms with Gasteiger partial charge < -0.3 is 10.3 Å². The predicted octanol–water partition coefficient (Wildman–Crippen LogP) is 1.89. The van der Waals surface area contributed by atoms with E-state index < -0.39 is 28.6 Å². The normalized spacial score (nSPS) is 10.7. The number of fused-ring (bicyclic) bond motifs is 1. The van der Waals surface area contributed by atoms with Crippen molar-refractivity contribution in [3.05, 3.63) is 78.4 Å². The van der Waals surface area contributed by atoms with Gasteiger partial charge in [0.15, 0.2) is 0 Å². The molecular formula is C16H11ClN4O5. The van der Waals surface area contributed by atoms with Gasteiger partial charge in [0, 0.05) is 11.8 Å². The standard InChI is InChI=1S/C16H11ClN4O5/c17-11-6-5-9(7-13(11)21(25)26)18-14(22)8-20-15(23)10-3-1-2-4-12(10)19-16(20)24/h1-7H,8H2,(H,18,22)(H,19,24). The van der Waals surface area contributed by atoms with Gasteiger partial charge in [0.2, 0.25) is 5.91 Å². The lowest BCUT2D eigenvalue weighted by Crippen LogP contribution is -2.38. The van der Waals surface area contributed by atoms with Crippen molar-refractivity contribution in [1.82, 2.24) is 9.55 Å². The van der Waals surface area contributed by atoms with E-state index in [-0.39, 0.29) is 21.8 Å². The van der Waals surface area contributed by atoms with Crippen LogP contribution >= 0.6 is 11.6 Å². The number of nitro benzene ring substituents is 1. The molecule has 3 aromatic rings. The highest BCUT2D eigenvalue weighted by molar-refractivity contribution is 6.32. The van der Waals surface area contributed by atoms with E-state index in [9.17, 15) is 24.5 Å². The minimum atomic E-state index is -0.731. The van der Waals surface area contributed by atoms with Crippen molar-refractivity contribution in [1.29, 1.82) is 0 Å². The molecule has 2 N–H and O–H groups in total. The lowest BCUT2D eigenvalue weighted by Gasteiger charge is -2.08. The first-order valence-electron chi connectivity index (χ1n) is 7.32. The zero-order chi connectivity index (χ0) is 18.8. The molecular weight excluding hydrogens is 364 g/mol. The molecule has 0 radical (unpaired) electrons. The maximum atomic E-state index is 12.4. The first kappa shape index (κ1) is 17.4. The van der Waals surface area contributed by atoms with Crippen LogP contribution in [0.3, 0.4) is 0 Å². The maximum absolute atomic E-state index is 12.4. The number of nitrogens with one attached hydrogen (secondary N) is 2. The summed E-state index contributed by atoms with van der Waals surface area (Å²) in [6.45, 7) is -0.546. The maximum Gasteiger partial charge on any atom is 0.329 e. The van der Waals surface area contributed by atoms with Gasteiger partial charge in [0.05, 0.1) is 15.8 Å². The number of carbonyl (C=O) groups is 1. The molecule has 10 heteroatoms. The fraction of sp³-hybridized carbons (Fsp3) is 0.0625. The summed E-state index contributed by atoms with van der Waals surface area (Å²) in [5.74, 6) is -0.690. The lowest BCUT2D eigenvalue weighted by atomic mass is 10.2. The number of hydrogen-bond acceptors (Lipinski definition) is 5. The molecule has 9 nitrogen and oxygen atoms in total. The van der Waals surface area contributed by atoms with E-state index in [0.29, 0.717) is 5.52 Å².